The van der Waals surface area contributed by atoms with E-state index in [0.29, 0.717) is 6.61 Å². The molecule has 0 radical (unpaired) electrons. The lowest BCUT2D eigenvalue weighted by atomic mass is 9.79. The van der Waals surface area contributed by atoms with Gasteiger partial charge in [0.15, 0.2) is 0 Å². The summed E-state index contributed by atoms with van der Waals surface area (Å²) in [7, 11) is 0. The van der Waals surface area contributed by atoms with Crippen LogP contribution in [0.2, 0.25) is 0 Å². The van der Waals surface area contributed by atoms with Crippen molar-refractivity contribution >= 4 is 5.91 Å². The molecule has 1 N–H and O–H groups in total. The van der Waals surface area contributed by atoms with Crippen molar-refractivity contribution in [2.24, 2.45) is 0 Å². The molecule has 1 aliphatic heterocycles. The van der Waals surface area contributed by atoms with E-state index in [1.165, 1.54) is 0 Å². The Morgan fingerprint density at radius 2 is 1.73 bits per heavy atom. The molecule has 122 valence electrons. The van der Waals surface area contributed by atoms with Crippen LogP contribution >= 0.6 is 0 Å². The second-order valence-corrected chi connectivity index (χ2v) is 7.48. The predicted octanol–water partition coefficient (Wildman–Crippen LogP) is 3.28. The maximum atomic E-state index is 11.4. The molecule has 1 amide bonds. The summed E-state index contributed by atoms with van der Waals surface area (Å²) in [5.41, 5.74) is 0.894. The van der Waals surface area contributed by atoms with Crippen LogP contribution in [0.4, 0.5) is 0 Å². The highest BCUT2D eigenvalue weighted by Crippen LogP contribution is 2.38. The zero-order valence-corrected chi connectivity index (χ0v) is 14.3. The van der Waals surface area contributed by atoms with Crippen molar-refractivity contribution in [2.45, 2.75) is 71.2 Å². The molecule has 0 unspecified atom stereocenters. The predicted molar refractivity (Wildman–Crippen MR) is 88.1 cm³/mol. The van der Waals surface area contributed by atoms with Crippen molar-refractivity contribution in [3.63, 3.8) is 0 Å². The van der Waals surface area contributed by atoms with Gasteiger partial charge in [0.2, 0.25) is 5.91 Å². The zero-order valence-electron chi connectivity index (χ0n) is 14.3. The number of rotatable bonds is 4. The maximum absolute atomic E-state index is 11.4. The Kier molecular flexibility index (Phi) is 4.93. The van der Waals surface area contributed by atoms with Gasteiger partial charge in [0.1, 0.15) is 0 Å². The van der Waals surface area contributed by atoms with E-state index in [1.54, 1.807) is 6.92 Å². The molecule has 0 bridgehead atoms. The molecule has 1 heterocycles. The lowest BCUT2D eigenvalue weighted by Gasteiger charge is -2.53. The SMILES string of the molecule is CC(=O)NC1CC(C)(C)N(OCc2ccccc2)C(C)(C)C1. The molecule has 2 rings (SSSR count). The van der Waals surface area contributed by atoms with Gasteiger partial charge in [-0.1, -0.05) is 30.3 Å². The van der Waals surface area contributed by atoms with Crippen LogP contribution in [0.1, 0.15) is 53.0 Å². The Balaban J connectivity index is 2.08. The van der Waals surface area contributed by atoms with Crippen LogP contribution in [-0.2, 0) is 16.2 Å². The Morgan fingerprint density at radius 3 is 2.23 bits per heavy atom. The quantitative estimate of drug-likeness (QED) is 0.928. The third kappa shape index (κ3) is 4.08. The first-order valence-electron chi connectivity index (χ1n) is 7.95. The van der Waals surface area contributed by atoms with Gasteiger partial charge in [-0.15, -0.1) is 0 Å². The van der Waals surface area contributed by atoms with Gasteiger partial charge in [0.25, 0.3) is 0 Å². The van der Waals surface area contributed by atoms with Gasteiger partial charge in [0, 0.05) is 24.0 Å². The molecule has 4 nitrogen and oxygen atoms in total. The minimum absolute atomic E-state index is 0.0373. The number of hydroxylamine groups is 2. The highest BCUT2D eigenvalue weighted by atomic mass is 16.7. The monoisotopic (exact) mass is 304 g/mol. The molecular formula is C18H28N2O2. The fraction of sp³-hybridized carbons (Fsp3) is 0.611. The topological polar surface area (TPSA) is 41.6 Å². The molecule has 1 aromatic rings. The number of benzene rings is 1. The highest BCUT2D eigenvalue weighted by molar-refractivity contribution is 5.73. The summed E-state index contributed by atoms with van der Waals surface area (Å²) in [6.07, 6.45) is 1.76. The number of amides is 1. The van der Waals surface area contributed by atoms with E-state index in [-0.39, 0.29) is 23.0 Å². The minimum Gasteiger partial charge on any atom is -0.353 e. The van der Waals surface area contributed by atoms with Crippen molar-refractivity contribution in [1.29, 1.82) is 0 Å². The average Bonchev–Trinajstić information content (AvgIpc) is 2.36. The molecule has 0 aliphatic carbocycles. The molecule has 0 atom stereocenters. The van der Waals surface area contributed by atoms with Crippen molar-refractivity contribution in [3.8, 4) is 0 Å². The summed E-state index contributed by atoms with van der Waals surface area (Å²) in [5, 5.41) is 5.18. The van der Waals surface area contributed by atoms with Crippen LogP contribution < -0.4 is 5.32 Å². The smallest absolute Gasteiger partial charge is 0.217 e. The first-order valence-corrected chi connectivity index (χ1v) is 7.95. The van der Waals surface area contributed by atoms with Crippen molar-refractivity contribution < 1.29 is 9.63 Å². The zero-order chi connectivity index (χ0) is 16.4. The van der Waals surface area contributed by atoms with E-state index in [2.05, 4.69) is 50.2 Å². The van der Waals surface area contributed by atoms with Gasteiger partial charge in [-0.25, -0.2) is 0 Å². The van der Waals surface area contributed by atoms with E-state index in [1.807, 2.05) is 18.2 Å². The Hall–Kier alpha value is -1.39. The lowest BCUT2D eigenvalue weighted by Crippen LogP contribution is -2.63. The second-order valence-electron chi connectivity index (χ2n) is 7.48. The van der Waals surface area contributed by atoms with Crippen molar-refractivity contribution in [2.75, 3.05) is 0 Å². The molecule has 1 aliphatic rings. The number of nitrogens with one attached hydrogen (secondary N) is 1. The molecule has 0 saturated carbocycles. The van der Waals surface area contributed by atoms with E-state index >= 15 is 0 Å². The number of nitrogens with zero attached hydrogens (tertiary/aromatic N) is 1. The summed E-state index contributed by atoms with van der Waals surface area (Å²) < 4.78 is 0. The van der Waals surface area contributed by atoms with Crippen LogP contribution in [0.3, 0.4) is 0 Å². The van der Waals surface area contributed by atoms with Crippen LogP contribution in [0.25, 0.3) is 0 Å². The molecule has 1 saturated heterocycles. The summed E-state index contributed by atoms with van der Waals surface area (Å²) in [6, 6.07) is 10.4. The van der Waals surface area contributed by atoms with Crippen LogP contribution in [-0.4, -0.2) is 28.1 Å². The fourth-order valence-electron chi connectivity index (χ4n) is 3.72. The largest absolute Gasteiger partial charge is 0.353 e. The van der Waals surface area contributed by atoms with Gasteiger partial charge in [-0.3, -0.25) is 9.63 Å². The third-order valence-corrected chi connectivity index (χ3v) is 4.20. The Bertz CT molecular complexity index is 493. The van der Waals surface area contributed by atoms with Gasteiger partial charge < -0.3 is 5.32 Å². The van der Waals surface area contributed by atoms with Gasteiger partial charge >= 0.3 is 0 Å². The summed E-state index contributed by atoms with van der Waals surface area (Å²) in [6.45, 7) is 10.8. The van der Waals surface area contributed by atoms with Crippen molar-refractivity contribution in [1.82, 2.24) is 10.4 Å². The highest BCUT2D eigenvalue weighted by Gasteiger charge is 2.46. The Labute approximate surface area is 133 Å². The maximum Gasteiger partial charge on any atom is 0.217 e. The number of carbonyl (C=O) groups excluding carboxylic acids is 1. The number of piperidine rings is 1. The molecule has 1 fully saturated rings. The van der Waals surface area contributed by atoms with Crippen LogP contribution in [0.5, 0.6) is 0 Å². The molecule has 0 aromatic heterocycles. The van der Waals surface area contributed by atoms with Crippen LogP contribution in [0, 0.1) is 0 Å². The molecule has 0 spiro atoms. The fourth-order valence-corrected chi connectivity index (χ4v) is 3.72. The van der Waals surface area contributed by atoms with Crippen LogP contribution in [0.15, 0.2) is 30.3 Å². The van der Waals surface area contributed by atoms with E-state index in [0.717, 1.165) is 18.4 Å². The molecule has 22 heavy (non-hydrogen) atoms. The number of hydrogen-bond donors (Lipinski definition) is 1. The van der Waals surface area contributed by atoms with Crippen molar-refractivity contribution in [3.05, 3.63) is 35.9 Å². The standard InChI is InChI=1S/C18H28N2O2/c1-14(21)19-16-11-17(2,3)20(18(4,5)12-16)22-13-15-9-7-6-8-10-15/h6-10,16H,11-13H2,1-5H3,(H,19,21). The first-order chi connectivity index (χ1) is 10.2. The van der Waals surface area contributed by atoms with Gasteiger partial charge in [-0.2, -0.15) is 5.06 Å². The van der Waals surface area contributed by atoms with E-state index in [9.17, 15) is 4.79 Å². The van der Waals surface area contributed by atoms with E-state index < -0.39 is 0 Å². The third-order valence-electron chi connectivity index (χ3n) is 4.20. The molecular weight excluding hydrogens is 276 g/mol. The number of carbonyl (C=O) groups is 1. The minimum atomic E-state index is -0.135. The summed E-state index contributed by atoms with van der Waals surface area (Å²) in [4.78, 5) is 17.5. The van der Waals surface area contributed by atoms with Gasteiger partial charge in [-0.05, 0) is 46.1 Å². The second kappa shape index (κ2) is 6.39. The number of hydrogen-bond acceptors (Lipinski definition) is 3. The Morgan fingerprint density at radius 1 is 1.18 bits per heavy atom. The average molecular weight is 304 g/mol. The molecule has 1 aromatic carbocycles. The summed E-state index contributed by atoms with van der Waals surface area (Å²) >= 11 is 0. The first kappa shape index (κ1) is 17.0. The normalized spacial score (nSPS) is 21.5. The molecule has 4 heteroatoms. The summed E-state index contributed by atoms with van der Waals surface area (Å²) in [5.74, 6) is 0.0373. The van der Waals surface area contributed by atoms with E-state index in [4.69, 9.17) is 4.84 Å². The lowest BCUT2D eigenvalue weighted by molar-refractivity contribution is -0.291. The van der Waals surface area contributed by atoms with Gasteiger partial charge in [0.05, 0.1) is 6.61 Å².